The van der Waals surface area contributed by atoms with Gasteiger partial charge in [-0.25, -0.2) is 9.97 Å². The first-order valence-corrected chi connectivity index (χ1v) is 14.3. The zero-order chi connectivity index (χ0) is 30.3. The Morgan fingerprint density at radius 3 is 2.57 bits per heavy atom. The molecule has 1 unspecified atom stereocenters. The molecule has 12 nitrogen and oxygen atoms in total. The summed E-state index contributed by atoms with van der Waals surface area (Å²) in [5.74, 6) is 0.123. The first kappa shape index (κ1) is 28.7. The molecule has 0 radical (unpaired) electrons. The number of piperidine rings is 1. The van der Waals surface area contributed by atoms with E-state index in [1.54, 1.807) is 42.5 Å². The molecule has 4 N–H and O–H groups in total. The number of hydrogen-bond donors (Lipinski definition) is 4. The molecule has 44 heavy (non-hydrogen) atoms. The quantitative estimate of drug-likeness (QED) is 0.218. The van der Waals surface area contributed by atoms with Crippen molar-refractivity contribution < 1.29 is 19.1 Å². The molecular weight excluding hydrogens is 560 g/mol. The Labute approximate surface area is 253 Å². The number of ether oxygens (including phenoxy) is 2. The summed E-state index contributed by atoms with van der Waals surface area (Å²) in [7, 11) is 0. The van der Waals surface area contributed by atoms with Gasteiger partial charge in [0.2, 0.25) is 11.9 Å². The smallest absolute Gasteiger partial charge is 0.255 e. The van der Waals surface area contributed by atoms with Gasteiger partial charge in [-0.15, -0.1) is 0 Å². The number of carbonyl (C=O) groups excluding carboxylic acids is 2. The highest BCUT2D eigenvalue weighted by molar-refractivity contribution is 6.05. The number of nitrogens with one attached hydrogen (secondary N) is 4. The zero-order valence-corrected chi connectivity index (χ0v) is 23.8. The summed E-state index contributed by atoms with van der Waals surface area (Å²) in [5, 5.41) is 22.6. The van der Waals surface area contributed by atoms with Crippen molar-refractivity contribution in [2.75, 3.05) is 42.3 Å². The van der Waals surface area contributed by atoms with Gasteiger partial charge in [-0.05, 0) is 44.1 Å². The van der Waals surface area contributed by atoms with Gasteiger partial charge >= 0.3 is 0 Å². The van der Waals surface area contributed by atoms with E-state index in [0.29, 0.717) is 52.5 Å². The highest BCUT2D eigenvalue weighted by Gasteiger charge is 2.22. The van der Waals surface area contributed by atoms with Gasteiger partial charge in [-0.2, -0.15) is 5.26 Å². The molecule has 2 amide bonds. The Hall–Kier alpha value is -5.38. The maximum absolute atomic E-state index is 13.1. The van der Waals surface area contributed by atoms with E-state index >= 15 is 0 Å². The van der Waals surface area contributed by atoms with Crippen LogP contribution in [0.4, 0.5) is 23.0 Å². The third kappa shape index (κ3) is 6.81. The van der Waals surface area contributed by atoms with Gasteiger partial charge in [0.25, 0.3) is 5.91 Å². The molecule has 222 valence electrons. The third-order valence-corrected chi connectivity index (χ3v) is 7.29. The zero-order valence-electron chi connectivity index (χ0n) is 23.8. The SMILES string of the molecule is N#Cc1cnc2cc(OC3CCOC3)c(NC(=O)C=C3CCNCC3)cc2c1Nc1ncc(NC(=O)c2ccccc2)cn1. The largest absolute Gasteiger partial charge is 0.486 e. The van der Waals surface area contributed by atoms with Gasteiger partial charge in [0.05, 0.1) is 53.7 Å². The lowest BCUT2D eigenvalue weighted by molar-refractivity contribution is -0.112. The number of anilines is 4. The minimum atomic E-state index is -0.283. The molecule has 2 aromatic carbocycles. The maximum atomic E-state index is 13.1. The Kier molecular flexibility index (Phi) is 8.67. The van der Waals surface area contributed by atoms with Gasteiger partial charge in [0.1, 0.15) is 17.9 Å². The first-order valence-electron chi connectivity index (χ1n) is 14.3. The molecule has 12 heteroatoms. The lowest BCUT2D eigenvalue weighted by Crippen LogP contribution is -2.24. The molecule has 0 aliphatic carbocycles. The van der Waals surface area contributed by atoms with Crippen LogP contribution in [0.2, 0.25) is 0 Å². The van der Waals surface area contributed by atoms with E-state index in [-0.39, 0.29) is 29.4 Å². The molecule has 2 aliphatic rings. The number of rotatable bonds is 8. The van der Waals surface area contributed by atoms with Gasteiger partial charge in [-0.1, -0.05) is 23.8 Å². The van der Waals surface area contributed by atoms with E-state index in [9.17, 15) is 14.9 Å². The number of hydrogen-bond acceptors (Lipinski definition) is 10. The van der Waals surface area contributed by atoms with Crippen molar-refractivity contribution in [3.63, 3.8) is 0 Å². The van der Waals surface area contributed by atoms with Crippen LogP contribution in [-0.2, 0) is 9.53 Å². The van der Waals surface area contributed by atoms with E-state index < -0.39 is 0 Å². The number of carbonyl (C=O) groups is 2. The molecule has 6 rings (SSSR count). The van der Waals surface area contributed by atoms with Crippen LogP contribution in [0.15, 0.2) is 72.7 Å². The normalized spacial score (nSPS) is 16.2. The van der Waals surface area contributed by atoms with E-state index in [1.807, 2.05) is 6.07 Å². The molecule has 2 aliphatic heterocycles. The second kappa shape index (κ2) is 13.3. The lowest BCUT2D eigenvalue weighted by atomic mass is 10.1. The summed E-state index contributed by atoms with van der Waals surface area (Å²) in [6.07, 6.45) is 8.25. The van der Waals surface area contributed by atoms with E-state index in [0.717, 1.165) is 37.9 Å². The average Bonchev–Trinajstić information content (AvgIpc) is 3.56. The van der Waals surface area contributed by atoms with Crippen molar-refractivity contribution in [3.05, 3.63) is 83.8 Å². The highest BCUT2D eigenvalue weighted by atomic mass is 16.5. The summed E-state index contributed by atoms with van der Waals surface area (Å²) in [4.78, 5) is 38.7. The molecule has 2 fully saturated rings. The second-order valence-corrected chi connectivity index (χ2v) is 10.4. The van der Waals surface area contributed by atoms with Crippen LogP contribution in [-0.4, -0.2) is 59.2 Å². The fraction of sp³-hybridized carbons (Fsp3) is 0.250. The van der Waals surface area contributed by atoms with Gasteiger partial charge in [0, 0.05) is 35.7 Å². The molecule has 0 bridgehead atoms. The topological polar surface area (TPSA) is 163 Å². The van der Waals surface area contributed by atoms with E-state index in [4.69, 9.17) is 9.47 Å². The fourth-order valence-electron chi connectivity index (χ4n) is 5.03. The second-order valence-electron chi connectivity index (χ2n) is 10.4. The van der Waals surface area contributed by atoms with Crippen molar-refractivity contribution in [1.29, 1.82) is 5.26 Å². The molecule has 0 spiro atoms. The first-order chi connectivity index (χ1) is 21.6. The summed E-state index contributed by atoms with van der Waals surface area (Å²) in [5.41, 5.74) is 3.66. The number of pyridine rings is 1. The monoisotopic (exact) mass is 590 g/mol. The number of fused-ring (bicyclic) bond motifs is 1. The molecule has 2 saturated heterocycles. The standard InChI is InChI=1S/C32H30N8O4/c33-15-22-16-35-26-14-28(44-24-8-11-43-19-24)27(39-29(41)12-20-6-9-34-10-7-20)13-25(26)30(22)40-32-36-17-23(18-37-32)38-31(42)21-4-2-1-3-5-21/h1-5,12-14,16-18,24,34H,6-11,19H2,(H,38,42)(H,39,41)(H,35,36,37,40). The van der Waals surface area contributed by atoms with Gasteiger partial charge in [0.15, 0.2) is 0 Å². The molecule has 4 heterocycles. The Morgan fingerprint density at radius 1 is 1.05 bits per heavy atom. The molecule has 2 aromatic heterocycles. The van der Waals surface area contributed by atoms with Gasteiger partial charge < -0.3 is 30.7 Å². The maximum Gasteiger partial charge on any atom is 0.255 e. The van der Waals surface area contributed by atoms with Crippen LogP contribution in [0.1, 0.15) is 35.2 Å². The number of nitriles is 1. The average molecular weight is 591 g/mol. The van der Waals surface area contributed by atoms with Crippen LogP contribution in [0.3, 0.4) is 0 Å². The van der Waals surface area contributed by atoms with Crippen LogP contribution in [0.5, 0.6) is 5.75 Å². The lowest BCUT2D eigenvalue weighted by Gasteiger charge is -2.19. The minimum absolute atomic E-state index is 0.156. The van der Waals surface area contributed by atoms with Crippen LogP contribution < -0.4 is 26.0 Å². The fourth-order valence-corrected chi connectivity index (χ4v) is 5.03. The third-order valence-electron chi connectivity index (χ3n) is 7.29. The predicted octanol–water partition coefficient (Wildman–Crippen LogP) is 4.31. The Balaban J connectivity index is 1.30. The predicted molar refractivity (Wildman–Crippen MR) is 165 cm³/mol. The molecule has 1 atom stereocenters. The highest BCUT2D eigenvalue weighted by Crippen LogP contribution is 2.37. The number of aromatic nitrogens is 3. The van der Waals surface area contributed by atoms with Crippen molar-refractivity contribution in [3.8, 4) is 11.8 Å². The van der Waals surface area contributed by atoms with E-state index in [2.05, 4.69) is 42.3 Å². The van der Waals surface area contributed by atoms with Crippen molar-refractivity contribution in [2.24, 2.45) is 0 Å². The Morgan fingerprint density at radius 2 is 1.84 bits per heavy atom. The van der Waals surface area contributed by atoms with Gasteiger partial charge in [-0.3, -0.25) is 14.6 Å². The number of nitrogens with zero attached hydrogens (tertiary/aromatic N) is 4. The van der Waals surface area contributed by atoms with Crippen LogP contribution in [0, 0.1) is 11.3 Å². The summed E-state index contributed by atoms with van der Waals surface area (Å²) in [6, 6.07) is 14.5. The number of benzene rings is 2. The summed E-state index contributed by atoms with van der Waals surface area (Å²) < 4.78 is 11.7. The summed E-state index contributed by atoms with van der Waals surface area (Å²) in [6.45, 7) is 2.73. The molecule has 4 aromatic rings. The van der Waals surface area contributed by atoms with E-state index in [1.165, 1.54) is 18.6 Å². The van der Waals surface area contributed by atoms with Crippen LogP contribution >= 0.6 is 0 Å². The van der Waals surface area contributed by atoms with Crippen molar-refractivity contribution in [2.45, 2.75) is 25.4 Å². The van der Waals surface area contributed by atoms with Crippen LogP contribution in [0.25, 0.3) is 10.9 Å². The van der Waals surface area contributed by atoms with Crippen molar-refractivity contribution >= 4 is 45.7 Å². The van der Waals surface area contributed by atoms with Crippen molar-refractivity contribution in [1.82, 2.24) is 20.3 Å². The minimum Gasteiger partial charge on any atom is -0.486 e. The summed E-state index contributed by atoms with van der Waals surface area (Å²) >= 11 is 0. The molecular formula is C32H30N8O4. The Bertz CT molecular complexity index is 1740. The number of amides is 2. The molecule has 0 saturated carbocycles.